The molecule has 1 aromatic rings. The van der Waals surface area contributed by atoms with Crippen LogP contribution in [-0.2, 0) is 0 Å². The third-order valence-electron chi connectivity index (χ3n) is 2.89. The molecule has 18 heavy (non-hydrogen) atoms. The standard InChI is InChI=1S/C15H26N2O/c1-4-6-7-8-9-13(3)18-14-10-11-17-15(12-14)16-5-2/h10-13H,4-9H2,1-3H3,(H,16,17). The van der Waals surface area contributed by atoms with Crippen LogP contribution in [0.2, 0.25) is 0 Å². The summed E-state index contributed by atoms with van der Waals surface area (Å²) >= 11 is 0. The Morgan fingerprint density at radius 3 is 2.83 bits per heavy atom. The van der Waals surface area contributed by atoms with Crippen molar-refractivity contribution in [2.45, 2.75) is 59.0 Å². The molecule has 0 fully saturated rings. The average Bonchev–Trinajstić information content (AvgIpc) is 2.35. The lowest BCUT2D eigenvalue weighted by Gasteiger charge is -2.15. The predicted molar refractivity (Wildman–Crippen MR) is 77.2 cm³/mol. The topological polar surface area (TPSA) is 34.1 Å². The van der Waals surface area contributed by atoms with Gasteiger partial charge in [-0.1, -0.05) is 26.2 Å². The summed E-state index contributed by atoms with van der Waals surface area (Å²) < 4.78 is 5.90. The van der Waals surface area contributed by atoms with Gasteiger partial charge in [-0.05, 0) is 32.8 Å². The van der Waals surface area contributed by atoms with Crippen LogP contribution in [0.25, 0.3) is 0 Å². The van der Waals surface area contributed by atoms with Gasteiger partial charge in [0.1, 0.15) is 11.6 Å². The average molecular weight is 250 g/mol. The minimum absolute atomic E-state index is 0.277. The van der Waals surface area contributed by atoms with Gasteiger partial charge in [0.25, 0.3) is 0 Å². The Balaban J connectivity index is 2.34. The number of anilines is 1. The van der Waals surface area contributed by atoms with Gasteiger partial charge in [-0.3, -0.25) is 0 Å². The summed E-state index contributed by atoms with van der Waals surface area (Å²) in [6.07, 6.45) is 8.36. The van der Waals surface area contributed by atoms with Crippen molar-refractivity contribution in [2.24, 2.45) is 0 Å². The third kappa shape index (κ3) is 5.89. The predicted octanol–water partition coefficient (Wildman–Crippen LogP) is 4.25. The summed E-state index contributed by atoms with van der Waals surface area (Å²) in [5.41, 5.74) is 0. The molecule has 102 valence electrons. The molecule has 3 heteroatoms. The Morgan fingerprint density at radius 2 is 2.11 bits per heavy atom. The summed E-state index contributed by atoms with van der Waals surface area (Å²) in [6, 6.07) is 3.88. The van der Waals surface area contributed by atoms with Crippen molar-refractivity contribution in [3.8, 4) is 5.75 Å². The summed E-state index contributed by atoms with van der Waals surface area (Å²) in [4.78, 5) is 4.23. The van der Waals surface area contributed by atoms with Crippen LogP contribution in [-0.4, -0.2) is 17.6 Å². The van der Waals surface area contributed by atoms with Crippen molar-refractivity contribution >= 4 is 5.82 Å². The van der Waals surface area contributed by atoms with Crippen LogP contribution in [0.15, 0.2) is 18.3 Å². The van der Waals surface area contributed by atoms with E-state index in [2.05, 4.69) is 31.1 Å². The molecule has 1 heterocycles. The largest absolute Gasteiger partial charge is 0.491 e. The number of nitrogens with zero attached hydrogens (tertiary/aromatic N) is 1. The van der Waals surface area contributed by atoms with Gasteiger partial charge in [-0.2, -0.15) is 0 Å². The first kappa shape index (κ1) is 14.8. The first-order valence-electron chi connectivity index (χ1n) is 7.12. The number of hydrogen-bond donors (Lipinski definition) is 1. The fourth-order valence-corrected chi connectivity index (χ4v) is 1.91. The zero-order valence-electron chi connectivity index (χ0n) is 11.9. The lowest BCUT2D eigenvalue weighted by atomic mass is 10.1. The quantitative estimate of drug-likeness (QED) is 0.665. The van der Waals surface area contributed by atoms with Gasteiger partial charge >= 0.3 is 0 Å². The highest BCUT2D eigenvalue weighted by Gasteiger charge is 2.04. The SMILES string of the molecule is CCCCCCC(C)Oc1ccnc(NCC)c1. The molecule has 0 aliphatic rings. The van der Waals surface area contributed by atoms with Crippen LogP contribution in [0.1, 0.15) is 52.9 Å². The van der Waals surface area contributed by atoms with E-state index in [1.54, 1.807) is 6.20 Å². The minimum Gasteiger partial charge on any atom is -0.491 e. The normalized spacial score (nSPS) is 12.2. The van der Waals surface area contributed by atoms with Crippen molar-refractivity contribution < 1.29 is 4.74 Å². The maximum atomic E-state index is 5.90. The number of pyridine rings is 1. The van der Waals surface area contributed by atoms with E-state index in [1.165, 1.54) is 25.7 Å². The molecule has 0 saturated carbocycles. The molecule has 0 amide bonds. The second-order valence-electron chi connectivity index (χ2n) is 4.68. The van der Waals surface area contributed by atoms with Crippen LogP contribution >= 0.6 is 0 Å². The molecule has 0 saturated heterocycles. The van der Waals surface area contributed by atoms with Crippen LogP contribution in [0.4, 0.5) is 5.82 Å². The summed E-state index contributed by atoms with van der Waals surface area (Å²) in [5.74, 6) is 1.79. The molecular weight excluding hydrogens is 224 g/mol. The molecule has 0 aromatic carbocycles. The molecule has 0 aliphatic carbocycles. The number of unbranched alkanes of at least 4 members (excludes halogenated alkanes) is 3. The highest BCUT2D eigenvalue weighted by Crippen LogP contribution is 2.18. The van der Waals surface area contributed by atoms with Gasteiger partial charge in [0.2, 0.25) is 0 Å². The van der Waals surface area contributed by atoms with Crippen LogP contribution < -0.4 is 10.1 Å². The zero-order chi connectivity index (χ0) is 13.2. The van der Waals surface area contributed by atoms with E-state index in [-0.39, 0.29) is 6.10 Å². The molecule has 1 aromatic heterocycles. The lowest BCUT2D eigenvalue weighted by Crippen LogP contribution is -2.12. The molecule has 0 bridgehead atoms. The highest BCUT2D eigenvalue weighted by molar-refractivity contribution is 5.40. The molecule has 0 spiro atoms. The maximum absolute atomic E-state index is 5.90. The Labute approximate surface area is 111 Å². The molecule has 1 N–H and O–H groups in total. The third-order valence-corrected chi connectivity index (χ3v) is 2.89. The van der Waals surface area contributed by atoms with E-state index < -0.39 is 0 Å². The van der Waals surface area contributed by atoms with Gasteiger partial charge in [-0.25, -0.2) is 4.98 Å². The lowest BCUT2D eigenvalue weighted by molar-refractivity contribution is 0.206. The first-order chi connectivity index (χ1) is 8.76. The Morgan fingerprint density at radius 1 is 1.28 bits per heavy atom. The highest BCUT2D eigenvalue weighted by atomic mass is 16.5. The molecule has 0 aliphatic heterocycles. The molecule has 3 nitrogen and oxygen atoms in total. The Kier molecular flexibility index (Phi) is 7.23. The van der Waals surface area contributed by atoms with Crippen LogP contribution in [0, 0.1) is 0 Å². The van der Waals surface area contributed by atoms with E-state index in [4.69, 9.17) is 4.74 Å². The molecular formula is C15H26N2O. The van der Waals surface area contributed by atoms with E-state index in [9.17, 15) is 0 Å². The van der Waals surface area contributed by atoms with Gasteiger partial charge in [-0.15, -0.1) is 0 Å². The number of aromatic nitrogens is 1. The van der Waals surface area contributed by atoms with Gasteiger partial charge in [0.15, 0.2) is 0 Å². The second-order valence-corrected chi connectivity index (χ2v) is 4.68. The molecule has 1 atom stereocenters. The van der Waals surface area contributed by atoms with Crippen molar-refractivity contribution in [1.29, 1.82) is 0 Å². The van der Waals surface area contributed by atoms with E-state index in [0.717, 1.165) is 24.5 Å². The monoisotopic (exact) mass is 250 g/mol. The van der Waals surface area contributed by atoms with Crippen LogP contribution in [0.3, 0.4) is 0 Å². The Hall–Kier alpha value is -1.25. The van der Waals surface area contributed by atoms with Gasteiger partial charge < -0.3 is 10.1 Å². The summed E-state index contributed by atoms with van der Waals surface area (Å²) in [6.45, 7) is 7.31. The summed E-state index contributed by atoms with van der Waals surface area (Å²) in [7, 11) is 0. The van der Waals surface area contributed by atoms with Crippen molar-refractivity contribution in [3.63, 3.8) is 0 Å². The second kappa shape index (κ2) is 8.78. The number of hydrogen-bond acceptors (Lipinski definition) is 3. The fraction of sp³-hybridized carbons (Fsp3) is 0.667. The first-order valence-corrected chi connectivity index (χ1v) is 7.12. The van der Waals surface area contributed by atoms with Crippen molar-refractivity contribution in [2.75, 3.05) is 11.9 Å². The number of rotatable bonds is 9. The number of ether oxygens (including phenoxy) is 1. The van der Waals surface area contributed by atoms with Gasteiger partial charge in [0, 0.05) is 18.8 Å². The van der Waals surface area contributed by atoms with E-state index in [1.807, 2.05) is 12.1 Å². The minimum atomic E-state index is 0.277. The smallest absolute Gasteiger partial charge is 0.129 e. The van der Waals surface area contributed by atoms with Crippen LogP contribution in [0.5, 0.6) is 5.75 Å². The Bertz CT molecular complexity index is 328. The van der Waals surface area contributed by atoms with Crippen molar-refractivity contribution in [3.05, 3.63) is 18.3 Å². The molecule has 1 rings (SSSR count). The van der Waals surface area contributed by atoms with Gasteiger partial charge in [0.05, 0.1) is 6.10 Å². The van der Waals surface area contributed by atoms with Crippen molar-refractivity contribution in [1.82, 2.24) is 4.98 Å². The summed E-state index contributed by atoms with van der Waals surface area (Å²) in [5, 5.41) is 3.19. The zero-order valence-corrected chi connectivity index (χ0v) is 11.9. The fourth-order valence-electron chi connectivity index (χ4n) is 1.91. The molecule has 1 unspecified atom stereocenters. The molecule has 0 radical (unpaired) electrons. The maximum Gasteiger partial charge on any atom is 0.129 e. The number of nitrogens with one attached hydrogen (secondary N) is 1. The van der Waals surface area contributed by atoms with E-state index in [0.29, 0.717) is 0 Å². The van der Waals surface area contributed by atoms with E-state index >= 15 is 0 Å².